The highest BCUT2D eigenvalue weighted by Crippen LogP contribution is 2.32. The van der Waals surface area contributed by atoms with E-state index in [1.54, 1.807) is 30.3 Å². The van der Waals surface area contributed by atoms with Gasteiger partial charge in [-0.25, -0.2) is 13.1 Å². The molecular weight excluding hydrogens is 374 g/mol. The van der Waals surface area contributed by atoms with Crippen LogP contribution < -0.4 is 10.3 Å². The number of hydrogen-bond acceptors (Lipinski definition) is 3. The first-order valence-electron chi connectivity index (χ1n) is 7.77. The van der Waals surface area contributed by atoms with Crippen LogP contribution in [0.25, 0.3) is 33.1 Å². The standard InChI is InChI=1S/C18H14ClN3O3S/c1-20-26(24,25)12-4-2-3-10(7-12)13-9-16(23)22-18-14-8-11(19)5-6-15(14)21-17(13)18/h2-9,20-21H,1H3,(H,22,23). The average molecular weight is 388 g/mol. The van der Waals surface area contributed by atoms with E-state index in [1.807, 2.05) is 6.07 Å². The van der Waals surface area contributed by atoms with Crippen LogP contribution in [-0.2, 0) is 10.0 Å². The first-order chi connectivity index (χ1) is 12.4. The zero-order valence-corrected chi connectivity index (χ0v) is 15.2. The fourth-order valence-electron chi connectivity index (χ4n) is 3.03. The molecule has 26 heavy (non-hydrogen) atoms. The molecule has 0 atom stereocenters. The van der Waals surface area contributed by atoms with Crippen molar-refractivity contribution in [1.29, 1.82) is 0 Å². The zero-order valence-electron chi connectivity index (χ0n) is 13.6. The van der Waals surface area contributed by atoms with E-state index >= 15 is 0 Å². The van der Waals surface area contributed by atoms with Gasteiger partial charge in [0.2, 0.25) is 15.6 Å². The summed E-state index contributed by atoms with van der Waals surface area (Å²) in [7, 11) is -2.23. The van der Waals surface area contributed by atoms with Crippen LogP contribution >= 0.6 is 11.6 Å². The Labute approximate surface area is 153 Å². The minimum absolute atomic E-state index is 0.130. The molecule has 0 spiro atoms. The van der Waals surface area contributed by atoms with E-state index in [0.29, 0.717) is 27.2 Å². The smallest absolute Gasteiger partial charge is 0.249 e. The number of halogens is 1. The lowest BCUT2D eigenvalue weighted by atomic mass is 10.1. The van der Waals surface area contributed by atoms with Gasteiger partial charge in [0.15, 0.2) is 0 Å². The maximum atomic E-state index is 12.2. The maximum Gasteiger partial charge on any atom is 0.249 e. The summed E-state index contributed by atoms with van der Waals surface area (Å²) < 4.78 is 26.5. The normalized spacial score (nSPS) is 12.1. The van der Waals surface area contributed by atoms with Crippen molar-refractivity contribution in [3.63, 3.8) is 0 Å². The molecule has 2 aromatic carbocycles. The fraction of sp³-hybridized carbons (Fsp3) is 0.0556. The second-order valence-electron chi connectivity index (χ2n) is 5.85. The van der Waals surface area contributed by atoms with Crippen LogP contribution in [0.3, 0.4) is 0 Å². The van der Waals surface area contributed by atoms with E-state index in [2.05, 4.69) is 14.7 Å². The van der Waals surface area contributed by atoms with Gasteiger partial charge in [0.1, 0.15) is 0 Å². The fourth-order valence-corrected chi connectivity index (χ4v) is 3.98. The predicted octanol–water partition coefficient (Wildman–Crippen LogP) is 3.24. The third-order valence-electron chi connectivity index (χ3n) is 4.28. The monoisotopic (exact) mass is 387 g/mol. The van der Waals surface area contributed by atoms with Gasteiger partial charge in [0.25, 0.3) is 0 Å². The lowest BCUT2D eigenvalue weighted by Gasteiger charge is -2.07. The summed E-state index contributed by atoms with van der Waals surface area (Å²) in [5.74, 6) is 0. The summed E-state index contributed by atoms with van der Waals surface area (Å²) in [4.78, 5) is 18.4. The minimum atomic E-state index is -3.59. The number of hydrogen-bond donors (Lipinski definition) is 3. The number of aromatic nitrogens is 2. The molecule has 0 radical (unpaired) electrons. The Morgan fingerprint density at radius 3 is 2.58 bits per heavy atom. The molecule has 2 aromatic heterocycles. The van der Waals surface area contributed by atoms with Crippen molar-refractivity contribution in [2.24, 2.45) is 0 Å². The van der Waals surface area contributed by atoms with Gasteiger partial charge in [-0.05, 0) is 42.9 Å². The zero-order chi connectivity index (χ0) is 18.5. The van der Waals surface area contributed by atoms with E-state index in [-0.39, 0.29) is 10.5 Å². The number of fused-ring (bicyclic) bond motifs is 3. The number of rotatable bonds is 3. The SMILES string of the molecule is CNS(=O)(=O)c1cccc(-c2cc(=O)[nH]c3c2[nH]c2ccc(Cl)cc23)c1. The summed E-state index contributed by atoms with van der Waals surface area (Å²) in [5, 5.41) is 1.36. The Kier molecular flexibility index (Phi) is 3.87. The molecule has 0 bridgehead atoms. The van der Waals surface area contributed by atoms with Crippen LogP contribution in [0, 0.1) is 0 Å². The molecule has 0 aliphatic heterocycles. The summed E-state index contributed by atoms with van der Waals surface area (Å²) in [6.45, 7) is 0. The highest BCUT2D eigenvalue weighted by atomic mass is 35.5. The van der Waals surface area contributed by atoms with Crippen LogP contribution in [0.15, 0.2) is 58.2 Å². The Hall–Kier alpha value is -2.61. The predicted molar refractivity (Wildman–Crippen MR) is 103 cm³/mol. The molecule has 6 nitrogen and oxygen atoms in total. The van der Waals surface area contributed by atoms with Crippen molar-refractivity contribution in [1.82, 2.24) is 14.7 Å². The van der Waals surface area contributed by atoms with Gasteiger partial charge in [-0.2, -0.15) is 0 Å². The topological polar surface area (TPSA) is 94.8 Å². The molecule has 0 unspecified atom stereocenters. The van der Waals surface area contributed by atoms with Gasteiger partial charge >= 0.3 is 0 Å². The van der Waals surface area contributed by atoms with E-state index in [4.69, 9.17) is 11.6 Å². The average Bonchev–Trinajstić information content (AvgIpc) is 2.99. The number of pyridine rings is 1. The maximum absolute atomic E-state index is 12.2. The Morgan fingerprint density at radius 1 is 1.00 bits per heavy atom. The lowest BCUT2D eigenvalue weighted by Crippen LogP contribution is -2.18. The molecule has 0 fully saturated rings. The molecule has 132 valence electrons. The van der Waals surface area contributed by atoms with Gasteiger partial charge < -0.3 is 9.97 Å². The molecule has 4 rings (SSSR count). The summed E-state index contributed by atoms with van der Waals surface area (Å²) in [5.41, 5.74) is 3.12. The van der Waals surface area contributed by atoms with Gasteiger partial charge in [-0.3, -0.25) is 4.79 Å². The number of sulfonamides is 1. The summed E-state index contributed by atoms with van der Waals surface area (Å²) in [6.07, 6.45) is 0. The first-order valence-corrected chi connectivity index (χ1v) is 9.63. The van der Waals surface area contributed by atoms with E-state index in [0.717, 1.165) is 10.9 Å². The largest absolute Gasteiger partial charge is 0.353 e. The van der Waals surface area contributed by atoms with E-state index < -0.39 is 10.0 Å². The first kappa shape index (κ1) is 16.8. The molecule has 0 saturated heterocycles. The molecule has 0 amide bonds. The second-order valence-corrected chi connectivity index (χ2v) is 8.17. The van der Waals surface area contributed by atoms with Gasteiger partial charge in [0.05, 0.1) is 15.9 Å². The van der Waals surface area contributed by atoms with Crippen molar-refractivity contribution in [3.8, 4) is 11.1 Å². The molecule has 0 aliphatic carbocycles. The van der Waals surface area contributed by atoms with E-state index in [1.165, 1.54) is 19.2 Å². The van der Waals surface area contributed by atoms with Crippen LogP contribution in [0.4, 0.5) is 0 Å². The van der Waals surface area contributed by atoms with E-state index in [9.17, 15) is 13.2 Å². The summed E-state index contributed by atoms with van der Waals surface area (Å²) >= 11 is 6.08. The van der Waals surface area contributed by atoms with Crippen LogP contribution in [0.2, 0.25) is 5.02 Å². The molecular formula is C18H14ClN3O3S. The molecule has 3 N–H and O–H groups in total. The third kappa shape index (κ3) is 2.70. The van der Waals surface area contributed by atoms with Crippen LogP contribution in [0.5, 0.6) is 0 Å². The van der Waals surface area contributed by atoms with Crippen LogP contribution in [-0.4, -0.2) is 25.4 Å². The lowest BCUT2D eigenvalue weighted by molar-refractivity contribution is 0.588. The number of nitrogens with one attached hydrogen (secondary N) is 3. The van der Waals surface area contributed by atoms with Crippen molar-refractivity contribution < 1.29 is 8.42 Å². The van der Waals surface area contributed by atoms with Crippen molar-refractivity contribution in [3.05, 3.63) is 63.9 Å². The minimum Gasteiger partial charge on any atom is -0.353 e. The molecule has 8 heteroatoms. The molecule has 0 aliphatic rings. The Morgan fingerprint density at radius 2 is 1.81 bits per heavy atom. The highest BCUT2D eigenvalue weighted by Gasteiger charge is 2.15. The van der Waals surface area contributed by atoms with Gasteiger partial charge in [-0.15, -0.1) is 0 Å². The molecule has 4 aromatic rings. The second kappa shape index (κ2) is 5.98. The molecule has 2 heterocycles. The number of H-pyrrole nitrogens is 2. The number of benzene rings is 2. The van der Waals surface area contributed by atoms with Crippen molar-refractivity contribution in [2.45, 2.75) is 4.90 Å². The number of aromatic amines is 2. The van der Waals surface area contributed by atoms with Crippen molar-refractivity contribution in [2.75, 3.05) is 7.05 Å². The third-order valence-corrected chi connectivity index (χ3v) is 5.92. The van der Waals surface area contributed by atoms with Crippen LogP contribution in [0.1, 0.15) is 0 Å². The quantitative estimate of drug-likeness (QED) is 0.503. The van der Waals surface area contributed by atoms with Gasteiger partial charge in [0, 0.05) is 27.6 Å². The highest BCUT2D eigenvalue weighted by molar-refractivity contribution is 7.89. The van der Waals surface area contributed by atoms with Gasteiger partial charge in [-0.1, -0.05) is 23.7 Å². The summed E-state index contributed by atoms with van der Waals surface area (Å²) in [6, 6.07) is 13.3. The molecule has 0 saturated carbocycles. The Bertz CT molecular complexity index is 1320. The Balaban J connectivity index is 2.05. The van der Waals surface area contributed by atoms with Crippen molar-refractivity contribution >= 4 is 43.6 Å².